The van der Waals surface area contributed by atoms with E-state index in [1.807, 2.05) is 24.3 Å². The summed E-state index contributed by atoms with van der Waals surface area (Å²) in [6.45, 7) is 0. The average Bonchev–Trinajstić information content (AvgIpc) is 2.93. The van der Waals surface area contributed by atoms with Crippen LogP contribution in [0.1, 0.15) is 11.3 Å². The van der Waals surface area contributed by atoms with Gasteiger partial charge in [0.05, 0.1) is 5.39 Å². The Labute approximate surface area is 115 Å². The number of nitrogens with zero attached hydrogens (tertiary/aromatic N) is 2. The molecule has 0 aliphatic carbocycles. The van der Waals surface area contributed by atoms with E-state index < -0.39 is 0 Å². The Kier molecular flexibility index (Phi) is 2.94. The van der Waals surface area contributed by atoms with Crippen LogP contribution in [0.25, 0.3) is 22.3 Å². The van der Waals surface area contributed by atoms with E-state index in [4.69, 9.17) is 4.52 Å². The molecule has 96 valence electrons. The quantitative estimate of drug-likeness (QED) is 0.563. The van der Waals surface area contributed by atoms with Crippen LogP contribution in [0.3, 0.4) is 0 Å². The van der Waals surface area contributed by atoms with Gasteiger partial charge in [0.25, 0.3) is 0 Å². The third kappa shape index (κ3) is 1.91. The van der Waals surface area contributed by atoms with Gasteiger partial charge in [-0.2, -0.15) is 5.26 Å². The number of allylic oxidation sites excluding steroid dienone is 1. The lowest BCUT2D eigenvalue weighted by atomic mass is 10.0. The molecule has 3 rings (SSSR count). The number of nitriles is 1. The van der Waals surface area contributed by atoms with Gasteiger partial charge in [-0.05, 0) is 12.1 Å². The molecule has 0 spiro atoms. The van der Waals surface area contributed by atoms with Crippen molar-refractivity contribution < 1.29 is 9.63 Å². The summed E-state index contributed by atoms with van der Waals surface area (Å²) in [5.74, 6) is -0.104. The summed E-state index contributed by atoms with van der Waals surface area (Å²) in [5.41, 5.74) is 1.60. The first-order valence-corrected chi connectivity index (χ1v) is 6.05. The third-order valence-corrected chi connectivity index (χ3v) is 3.01. The average molecular weight is 262 g/mol. The minimum absolute atomic E-state index is 0.0983. The van der Waals surface area contributed by atoms with E-state index in [1.165, 1.54) is 0 Å². The smallest absolute Gasteiger partial charge is 0.167 e. The van der Waals surface area contributed by atoms with Crippen molar-refractivity contribution in [3.05, 3.63) is 65.9 Å². The lowest BCUT2D eigenvalue weighted by molar-refractivity contribution is 0.453. The van der Waals surface area contributed by atoms with E-state index in [2.05, 4.69) is 5.16 Å². The minimum atomic E-state index is -0.104. The highest BCUT2D eigenvalue weighted by molar-refractivity contribution is 6.01. The van der Waals surface area contributed by atoms with Gasteiger partial charge in [-0.15, -0.1) is 0 Å². The zero-order valence-corrected chi connectivity index (χ0v) is 10.4. The van der Waals surface area contributed by atoms with Crippen molar-refractivity contribution in [2.75, 3.05) is 0 Å². The highest BCUT2D eigenvalue weighted by Crippen LogP contribution is 2.28. The highest BCUT2D eigenvalue weighted by atomic mass is 16.5. The molecule has 1 aromatic heterocycles. The molecule has 0 atom stereocenters. The first-order valence-electron chi connectivity index (χ1n) is 6.05. The molecule has 1 heterocycles. The second-order valence-corrected chi connectivity index (χ2v) is 4.23. The summed E-state index contributed by atoms with van der Waals surface area (Å²) in [6.07, 6.45) is 0. The lowest BCUT2D eigenvalue weighted by Gasteiger charge is -2.02. The summed E-state index contributed by atoms with van der Waals surface area (Å²) in [4.78, 5) is 0. The fourth-order valence-corrected chi connectivity index (χ4v) is 2.02. The van der Waals surface area contributed by atoms with Gasteiger partial charge in [0.2, 0.25) is 0 Å². The van der Waals surface area contributed by atoms with Gasteiger partial charge in [-0.3, -0.25) is 0 Å². The number of benzene rings is 2. The lowest BCUT2D eigenvalue weighted by Crippen LogP contribution is -1.90. The second-order valence-electron chi connectivity index (χ2n) is 4.23. The predicted octanol–water partition coefficient (Wildman–Crippen LogP) is 3.78. The fraction of sp³-hybridized carbons (Fsp3) is 0. The van der Waals surface area contributed by atoms with Gasteiger partial charge in [0.1, 0.15) is 23.1 Å². The van der Waals surface area contributed by atoms with Crippen molar-refractivity contribution in [2.24, 2.45) is 0 Å². The number of aliphatic hydroxyl groups excluding tert-OH is 1. The summed E-state index contributed by atoms with van der Waals surface area (Å²) < 4.78 is 5.17. The van der Waals surface area contributed by atoms with Crippen LogP contribution in [0, 0.1) is 11.3 Å². The second kappa shape index (κ2) is 4.90. The molecule has 0 radical (unpaired) electrons. The van der Waals surface area contributed by atoms with E-state index in [1.54, 1.807) is 36.4 Å². The van der Waals surface area contributed by atoms with Crippen LogP contribution in [-0.2, 0) is 0 Å². The Morgan fingerprint density at radius 2 is 1.75 bits per heavy atom. The van der Waals surface area contributed by atoms with Crippen molar-refractivity contribution in [2.45, 2.75) is 0 Å². The molecule has 3 aromatic rings. The van der Waals surface area contributed by atoms with Crippen LogP contribution in [-0.4, -0.2) is 10.3 Å². The largest absolute Gasteiger partial charge is 0.506 e. The molecule has 0 unspecified atom stereocenters. The maximum atomic E-state index is 10.3. The SMILES string of the molecule is N#CC(=C(O)c1ccccc1)c1noc2ccccc12. The molecule has 0 bridgehead atoms. The third-order valence-electron chi connectivity index (χ3n) is 3.01. The summed E-state index contributed by atoms with van der Waals surface area (Å²) >= 11 is 0. The molecule has 0 saturated heterocycles. The van der Waals surface area contributed by atoms with Crippen LogP contribution in [0.5, 0.6) is 0 Å². The molecule has 4 heteroatoms. The van der Waals surface area contributed by atoms with Gasteiger partial charge in [0, 0.05) is 5.56 Å². The van der Waals surface area contributed by atoms with Crippen molar-refractivity contribution in [3.8, 4) is 6.07 Å². The minimum Gasteiger partial charge on any atom is -0.506 e. The van der Waals surface area contributed by atoms with Crippen LogP contribution in [0.2, 0.25) is 0 Å². The molecule has 0 aliphatic rings. The molecule has 2 aromatic carbocycles. The number of aromatic nitrogens is 1. The van der Waals surface area contributed by atoms with Gasteiger partial charge >= 0.3 is 0 Å². The van der Waals surface area contributed by atoms with Crippen LogP contribution in [0.15, 0.2) is 59.1 Å². The number of aliphatic hydroxyl groups is 1. The molecular weight excluding hydrogens is 252 g/mol. The molecule has 0 amide bonds. The van der Waals surface area contributed by atoms with Gasteiger partial charge < -0.3 is 9.63 Å². The Morgan fingerprint density at radius 1 is 1.05 bits per heavy atom. The van der Waals surface area contributed by atoms with E-state index in [0.29, 0.717) is 22.2 Å². The summed E-state index contributed by atoms with van der Waals surface area (Å²) in [5, 5.41) is 24.2. The summed E-state index contributed by atoms with van der Waals surface area (Å²) in [6, 6.07) is 18.1. The van der Waals surface area contributed by atoms with Gasteiger partial charge in [-0.25, -0.2) is 0 Å². The van der Waals surface area contributed by atoms with E-state index in [-0.39, 0.29) is 11.3 Å². The highest BCUT2D eigenvalue weighted by Gasteiger charge is 2.17. The zero-order chi connectivity index (χ0) is 13.9. The Morgan fingerprint density at radius 3 is 2.50 bits per heavy atom. The zero-order valence-electron chi connectivity index (χ0n) is 10.4. The van der Waals surface area contributed by atoms with E-state index in [9.17, 15) is 10.4 Å². The molecule has 1 N–H and O–H groups in total. The molecule has 0 fully saturated rings. The standard InChI is InChI=1S/C16H10N2O2/c17-10-13(16(19)11-6-2-1-3-7-11)15-12-8-4-5-9-14(12)20-18-15/h1-9,19H. The van der Waals surface area contributed by atoms with Crippen LogP contribution >= 0.6 is 0 Å². The summed E-state index contributed by atoms with van der Waals surface area (Å²) in [7, 11) is 0. The van der Waals surface area contributed by atoms with Crippen molar-refractivity contribution in [1.82, 2.24) is 5.16 Å². The van der Waals surface area contributed by atoms with E-state index in [0.717, 1.165) is 0 Å². The number of para-hydroxylation sites is 1. The van der Waals surface area contributed by atoms with Gasteiger partial charge in [-0.1, -0.05) is 47.6 Å². The number of hydrogen-bond donors (Lipinski definition) is 1. The fourth-order valence-electron chi connectivity index (χ4n) is 2.02. The van der Waals surface area contributed by atoms with Crippen LogP contribution in [0.4, 0.5) is 0 Å². The molecule has 4 nitrogen and oxygen atoms in total. The van der Waals surface area contributed by atoms with Crippen molar-refractivity contribution in [1.29, 1.82) is 5.26 Å². The molecule has 20 heavy (non-hydrogen) atoms. The Balaban J connectivity index is 2.23. The first-order chi connectivity index (χ1) is 9.81. The Hall–Kier alpha value is -3.06. The maximum Gasteiger partial charge on any atom is 0.167 e. The predicted molar refractivity (Wildman–Crippen MR) is 75.5 cm³/mol. The maximum absolute atomic E-state index is 10.3. The number of fused-ring (bicyclic) bond motifs is 1. The number of rotatable bonds is 2. The Bertz CT molecular complexity index is 826. The molecule has 0 aliphatic heterocycles. The number of hydrogen-bond acceptors (Lipinski definition) is 4. The van der Waals surface area contributed by atoms with E-state index >= 15 is 0 Å². The van der Waals surface area contributed by atoms with Crippen molar-refractivity contribution in [3.63, 3.8) is 0 Å². The van der Waals surface area contributed by atoms with Gasteiger partial charge in [0.15, 0.2) is 5.58 Å². The first kappa shape index (κ1) is 12.0. The monoisotopic (exact) mass is 262 g/mol. The molecular formula is C16H10N2O2. The topological polar surface area (TPSA) is 70.0 Å². The normalized spacial score (nSPS) is 11.9. The van der Waals surface area contributed by atoms with Crippen molar-refractivity contribution >= 4 is 22.3 Å². The van der Waals surface area contributed by atoms with Crippen LogP contribution < -0.4 is 0 Å². The molecule has 0 saturated carbocycles.